The van der Waals surface area contributed by atoms with Crippen molar-refractivity contribution >= 4 is 17.2 Å². The molecule has 1 aromatic rings. The highest BCUT2D eigenvalue weighted by molar-refractivity contribution is 5.75. The van der Waals surface area contributed by atoms with Gasteiger partial charge in [0, 0.05) is 6.20 Å². The molecule has 0 aliphatic carbocycles. The summed E-state index contributed by atoms with van der Waals surface area (Å²) in [6.07, 6.45) is 1.10. The predicted octanol–water partition coefficient (Wildman–Crippen LogP) is 0.427. The zero-order valence-corrected chi connectivity index (χ0v) is 8.36. The van der Waals surface area contributed by atoms with Crippen LogP contribution in [-0.4, -0.2) is 22.2 Å². The lowest BCUT2D eigenvalue weighted by Gasteiger charge is -2.18. The first kappa shape index (κ1) is 10.6. The normalized spacial score (nSPS) is 14.8. The molecule has 5 nitrogen and oxygen atoms in total. The Morgan fingerprint density at radius 3 is 2.64 bits per heavy atom. The van der Waals surface area contributed by atoms with Crippen molar-refractivity contribution in [3.05, 3.63) is 12.3 Å². The summed E-state index contributed by atoms with van der Waals surface area (Å²) in [5, 5.41) is 12.3. The van der Waals surface area contributed by atoms with Gasteiger partial charge in [-0.2, -0.15) is 0 Å². The third kappa shape index (κ3) is 2.26. The Balaban J connectivity index is 2.82. The molecule has 0 bridgehead atoms. The Hall–Kier alpha value is -1.49. The highest BCUT2D eigenvalue weighted by Gasteiger charge is 2.11. The SMILES string of the molecule is CC(O)C(C)Nc1nccc(N)c1N. The Bertz CT molecular complexity index is 314. The number of aromatic nitrogens is 1. The molecular weight excluding hydrogens is 180 g/mol. The molecule has 78 valence electrons. The van der Waals surface area contributed by atoms with E-state index in [0.29, 0.717) is 17.2 Å². The van der Waals surface area contributed by atoms with Crippen LogP contribution in [0.4, 0.5) is 17.2 Å². The van der Waals surface area contributed by atoms with Crippen LogP contribution in [0.15, 0.2) is 12.3 Å². The first-order chi connectivity index (χ1) is 6.52. The van der Waals surface area contributed by atoms with Gasteiger partial charge in [0.2, 0.25) is 0 Å². The summed E-state index contributed by atoms with van der Waals surface area (Å²) < 4.78 is 0. The molecule has 0 aliphatic heterocycles. The monoisotopic (exact) mass is 196 g/mol. The fourth-order valence-corrected chi connectivity index (χ4v) is 0.939. The van der Waals surface area contributed by atoms with Gasteiger partial charge in [0.1, 0.15) is 0 Å². The van der Waals surface area contributed by atoms with E-state index in [2.05, 4.69) is 10.3 Å². The second-order valence-corrected chi connectivity index (χ2v) is 3.34. The van der Waals surface area contributed by atoms with Crippen LogP contribution >= 0.6 is 0 Å². The average Bonchev–Trinajstić information content (AvgIpc) is 2.12. The molecule has 2 atom stereocenters. The lowest BCUT2D eigenvalue weighted by molar-refractivity contribution is 0.178. The molecule has 5 heteroatoms. The van der Waals surface area contributed by atoms with E-state index in [1.54, 1.807) is 19.2 Å². The molecule has 0 saturated carbocycles. The highest BCUT2D eigenvalue weighted by Crippen LogP contribution is 2.22. The Morgan fingerprint density at radius 1 is 1.43 bits per heavy atom. The first-order valence-electron chi connectivity index (χ1n) is 4.47. The van der Waals surface area contributed by atoms with Crippen LogP contribution in [0.3, 0.4) is 0 Å². The maximum absolute atomic E-state index is 9.28. The van der Waals surface area contributed by atoms with Gasteiger partial charge in [-0.15, -0.1) is 0 Å². The Morgan fingerprint density at radius 2 is 2.07 bits per heavy atom. The van der Waals surface area contributed by atoms with E-state index in [-0.39, 0.29) is 6.04 Å². The van der Waals surface area contributed by atoms with Crippen molar-refractivity contribution in [3.63, 3.8) is 0 Å². The number of rotatable bonds is 3. The van der Waals surface area contributed by atoms with Gasteiger partial charge in [-0.25, -0.2) is 4.98 Å². The van der Waals surface area contributed by atoms with Crippen molar-refractivity contribution in [2.45, 2.75) is 26.0 Å². The van der Waals surface area contributed by atoms with Gasteiger partial charge in [-0.1, -0.05) is 0 Å². The van der Waals surface area contributed by atoms with E-state index in [1.807, 2.05) is 6.92 Å². The Kier molecular flexibility index (Phi) is 3.14. The zero-order valence-electron chi connectivity index (χ0n) is 8.36. The molecule has 0 aliphatic rings. The van der Waals surface area contributed by atoms with Gasteiger partial charge < -0.3 is 21.9 Å². The van der Waals surface area contributed by atoms with Crippen LogP contribution in [-0.2, 0) is 0 Å². The van der Waals surface area contributed by atoms with Gasteiger partial charge in [0.15, 0.2) is 5.82 Å². The quantitative estimate of drug-likeness (QED) is 0.562. The molecule has 0 spiro atoms. The molecule has 0 radical (unpaired) electrons. The van der Waals surface area contributed by atoms with Gasteiger partial charge in [0.25, 0.3) is 0 Å². The van der Waals surface area contributed by atoms with E-state index in [0.717, 1.165) is 0 Å². The molecule has 1 rings (SSSR count). The van der Waals surface area contributed by atoms with Crippen molar-refractivity contribution in [3.8, 4) is 0 Å². The topological polar surface area (TPSA) is 97.2 Å². The number of nitrogens with two attached hydrogens (primary N) is 2. The molecule has 6 N–H and O–H groups in total. The summed E-state index contributed by atoms with van der Waals surface area (Å²) in [7, 11) is 0. The molecule has 1 aromatic heterocycles. The third-order valence-electron chi connectivity index (χ3n) is 2.11. The number of nitrogens with one attached hydrogen (secondary N) is 1. The molecule has 0 aromatic carbocycles. The van der Waals surface area contributed by atoms with Gasteiger partial charge in [0.05, 0.1) is 23.5 Å². The average molecular weight is 196 g/mol. The van der Waals surface area contributed by atoms with Gasteiger partial charge in [-0.05, 0) is 19.9 Å². The molecule has 0 amide bonds. The summed E-state index contributed by atoms with van der Waals surface area (Å²) in [5.74, 6) is 0.512. The Labute approximate surface area is 83.1 Å². The number of aliphatic hydroxyl groups is 1. The second-order valence-electron chi connectivity index (χ2n) is 3.34. The summed E-state index contributed by atoms with van der Waals surface area (Å²) in [5.41, 5.74) is 12.2. The van der Waals surface area contributed by atoms with Crippen molar-refractivity contribution in [1.82, 2.24) is 4.98 Å². The van der Waals surface area contributed by atoms with E-state index in [9.17, 15) is 5.11 Å². The third-order valence-corrected chi connectivity index (χ3v) is 2.11. The summed E-state index contributed by atoms with van der Waals surface area (Å²) in [6, 6.07) is 1.51. The minimum Gasteiger partial charge on any atom is -0.397 e. The first-order valence-corrected chi connectivity index (χ1v) is 4.47. The van der Waals surface area contributed by atoms with Crippen molar-refractivity contribution < 1.29 is 5.11 Å². The summed E-state index contributed by atoms with van der Waals surface area (Å²) in [4.78, 5) is 4.03. The molecule has 14 heavy (non-hydrogen) atoms. The maximum Gasteiger partial charge on any atom is 0.151 e. The highest BCUT2D eigenvalue weighted by atomic mass is 16.3. The minimum atomic E-state index is -0.474. The predicted molar refractivity (Wildman–Crippen MR) is 57.8 cm³/mol. The zero-order chi connectivity index (χ0) is 10.7. The largest absolute Gasteiger partial charge is 0.397 e. The maximum atomic E-state index is 9.28. The number of hydrogen-bond acceptors (Lipinski definition) is 5. The lowest BCUT2D eigenvalue weighted by atomic mass is 10.2. The number of aliphatic hydroxyl groups excluding tert-OH is 1. The fraction of sp³-hybridized carbons (Fsp3) is 0.444. The molecule has 2 unspecified atom stereocenters. The molecule has 1 heterocycles. The number of nitrogens with zero attached hydrogens (tertiary/aromatic N) is 1. The number of hydrogen-bond donors (Lipinski definition) is 4. The minimum absolute atomic E-state index is 0.119. The van der Waals surface area contributed by atoms with Crippen LogP contribution < -0.4 is 16.8 Å². The van der Waals surface area contributed by atoms with Crippen molar-refractivity contribution in [2.24, 2.45) is 0 Å². The fourth-order valence-electron chi connectivity index (χ4n) is 0.939. The number of nitrogen functional groups attached to an aromatic ring is 2. The van der Waals surface area contributed by atoms with Gasteiger partial charge >= 0.3 is 0 Å². The van der Waals surface area contributed by atoms with Crippen molar-refractivity contribution in [2.75, 3.05) is 16.8 Å². The van der Waals surface area contributed by atoms with Crippen LogP contribution in [0.25, 0.3) is 0 Å². The summed E-state index contributed by atoms with van der Waals surface area (Å²) in [6.45, 7) is 3.54. The number of anilines is 3. The van der Waals surface area contributed by atoms with E-state index in [4.69, 9.17) is 11.5 Å². The van der Waals surface area contributed by atoms with Crippen LogP contribution in [0.5, 0.6) is 0 Å². The van der Waals surface area contributed by atoms with E-state index >= 15 is 0 Å². The molecule has 0 saturated heterocycles. The van der Waals surface area contributed by atoms with Crippen LogP contribution in [0, 0.1) is 0 Å². The summed E-state index contributed by atoms with van der Waals surface area (Å²) >= 11 is 0. The smallest absolute Gasteiger partial charge is 0.151 e. The second kappa shape index (κ2) is 4.15. The van der Waals surface area contributed by atoms with Crippen molar-refractivity contribution in [1.29, 1.82) is 0 Å². The van der Waals surface area contributed by atoms with E-state index in [1.165, 1.54) is 0 Å². The van der Waals surface area contributed by atoms with Crippen LogP contribution in [0.1, 0.15) is 13.8 Å². The molecule has 0 fully saturated rings. The lowest BCUT2D eigenvalue weighted by Crippen LogP contribution is -2.28. The number of pyridine rings is 1. The van der Waals surface area contributed by atoms with Crippen LogP contribution in [0.2, 0.25) is 0 Å². The van der Waals surface area contributed by atoms with Gasteiger partial charge in [-0.3, -0.25) is 0 Å². The molecular formula is C9H16N4O. The van der Waals surface area contributed by atoms with E-state index < -0.39 is 6.10 Å². The standard InChI is InChI=1S/C9H16N4O/c1-5(6(2)14)13-9-8(11)7(10)3-4-12-9/h3-6,14H,11H2,1-2H3,(H3,10,12,13).